The van der Waals surface area contributed by atoms with Crippen molar-refractivity contribution in [2.24, 2.45) is 0 Å². The molecule has 1 N–H and O–H groups in total. The molecule has 1 heterocycles. The van der Waals surface area contributed by atoms with Crippen molar-refractivity contribution in [3.05, 3.63) is 29.3 Å². The third-order valence-corrected chi connectivity index (χ3v) is 3.61. The molecule has 1 fully saturated rings. The molecule has 1 aliphatic rings. The molecule has 2 rings (SSSR count). The fraction of sp³-hybridized carbons (Fsp3) is 0.600. The molecule has 0 amide bonds. The second kappa shape index (κ2) is 6.21. The average molecular weight is 249 g/mol. The van der Waals surface area contributed by atoms with Crippen LogP contribution in [0.25, 0.3) is 0 Å². The van der Waals surface area contributed by atoms with Gasteiger partial charge >= 0.3 is 0 Å². The smallest absolute Gasteiger partial charge is 0.0750 e. The maximum Gasteiger partial charge on any atom is 0.0750 e. The molecule has 3 nitrogen and oxygen atoms in total. The van der Waals surface area contributed by atoms with Gasteiger partial charge < -0.3 is 14.7 Å². The first-order valence-electron chi connectivity index (χ1n) is 6.81. The molecule has 0 aromatic heterocycles. The molecule has 0 aliphatic carbocycles. The van der Waals surface area contributed by atoms with Crippen molar-refractivity contribution in [1.29, 1.82) is 0 Å². The van der Waals surface area contributed by atoms with Gasteiger partial charge in [-0.1, -0.05) is 12.1 Å². The van der Waals surface area contributed by atoms with E-state index >= 15 is 0 Å². The Balaban J connectivity index is 2.10. The summed E-state index contributed by atoms with van der Waals surface area (Å²) in [6.07, 6.45) is 2.73. The Morgan fingerprint density at radius 2 is 2.28 bits per heavy atom. The van der Waals surface area contributed by atoms with Crippen LogP contribution in [-0.2, 0) is 11.3 Å². The highest BCUT2D eigenvalue weighted by Crippen LogP contribution is 2.23. The van der Waals surface area contributed by atoms with E-state index in [2.05, 4.69) is 30.9 Å². The Kier molecular flexibility index (Phi) is 4.61. The Bertz CT molecular complexity index is 386. The summed E-state index contributed by atoms with van der Waals surface area (Å²) < 4.78 is 5.71. The fourth-order valence-corrected chi connectivity index (χ4v) is 2.60. The van der Waals surface area contributed by atoms with Crippen LogP contribution in [0.15, 0.2) is 18.2 Å². The van der Waals surface area contributed by atoms with Crippen LogP contribution in [0.3, 0.4) is 0 Å². The van der Waals surface area contributed by atoms with E-state index in [1.54, 1.807) is 0 Å². The van der Waals surface area contributed by atoms with Gasteiger partial charge in [0.1, 0.15) is 0 Å². The SMILES string of the molecule is CCN(CC1CCCO1)c1ccc(CO)cc1C. The lowest BCUT2D eigenvalue weighted by atomic mass is 10.1. The van der Waals surface area contributed by atoms with Gasteiger partial charge in [0.05, 0.1) is 12.7 Å². The summed E-state index contributed by atoms with van der Waals surface area (Å²) in [5.41, 5.74) is 3.45. The van der Waals surface area contributed by atoms with E-state index in [-0.39, 0.29) is 6.61 Å². The van der Waals surface area contributed by atoms with Gasteiger partial charge in [0, 0.05) is 25.4 Å². The standard InChI is InChI=1S/C15H23NO2/c1-3-16(10-14-5-4-8-18-14)15-7-6-13(11-17)9-12(15)2/h6-7,9,14,17H,3-5,8,10-11H2,1-2H3. The van der Waals surface area contributed by atoms with Gasteiger partial charge in [-0.05, 0) is 43.9 Å². The van der Waals surface area contributed by atoms with Crippen molar-refractivity contribution >= 4 is 5.69 Å². The van der Waals surface area contributed by atoms with E-state index in [9.17, 15) is 0 Å². The van der Waals surface area contributed by atoms with E-state index < -0.39 is 0 Å². The molecule has 100 valence electrons. The number of anilines is 1. The van der Waals surface area contributed by atoms with Crippen LogP contribution in [0, 0.1) is 6.92 Å². The lowest BCUT2D eigenvalue weighted by Crippen LogP contribution is -2.32. The second-order valence-corrected chi connectivity index (χ2v) is 4.95. The quantitative estimate of drug-likeness (QED) is 0.870. The number of aliphatic hydroxyl groups is 1. The molecule has 0 spiro atoms. The first kappa shape index (κ1) is 13.4. The van der Waals surface area contributed by atoms with E-state index in [1.165, 1.54) is 24.1 Å². The van der Waals surface area contributed by atoms with Crippen molar-refractivity contribution in [3.63, 3.8) is 0 Å². The summed E-state index contributed by atoms with van der Waals surface area (Å²) in [6.45, 7) is 7.25. The van der Waals surface area contributed by atoms with Crippen molar-refractivity contribution in [1.82, 2.24) is 0 Å². The highest BCUT2D eigenvalue weighted by Gasteiger charge is 2.19. The van der Waals surface area contributed by atoms with E-state index in [4.69, 9.17) is 9.84 Å². The van der Waals surface area contributed by atoms with E-state index in [0.29, 0.717) is 6.10 Å². The summed E-state index contributed by atoms with van der Waals surface area (Å²) in [4.78, 5) is 2.37. The van der Waals surface area contributed by atoms with Crippen molar-refractivity contribution in [3.8, 4) is 0 Å². The van der Waals surface area contributed by atoms with Crippen LogP contribution in [0.1, 0.15) is 30.9 Å². The van der Waals surface area contributed by atoms with Crippen LogP contribution >= 0.6 is 0 Å². The highest BCUT2D eigenvalue weighted by molar-refractivity contribution is 5.54. The van der Waals surface area contributed by atoms with Crippen LogP contribution < -0.4 is 4.90 Å². The summed E-state index contributed by atoms with van der Waals surface area (Å²) in [5, 5.41) is 9.14. The summed E-state index contributed by atoms with van der Waals surface area (Å²) in [5.74, 6) is 0. The predicted molar refractivity (Wildman–Crippen MR) is 74.0 cm³/mol. The van der Waals surface area contributed by atoms with E-state index in [1.807, 2.05) is 6.07 Å². The van der Waals surface area contributed by atoms with Gasteiger partial charge in [0.25, 0.3) is 0 Å². The molecule has 1 unspecified atom stereocenters. The van der Waals surface area contributed by atoms with Crippen molar-refractivity contribution in [2.75, 3.05) is 24.6 Å². The number of rotatable bonds is 5. The average Bonchev–Trinajstić information content (AvgIpc) is 2.89. The number of hydrogen-bond donors (Lipinski definition) is 1. The largest absolute Gasteiger partial charge is 0.392 e. The third kappa shape index (κ3) is 3.03. The number of ether oxygens (including phenoxy) is 1. The molecule has 3 heteroatoms. The monoisotopic (exact) mass is 249 g/mol. The number of aryl methyl sites for hydroxylation is 1. The Hall–Kier alpha value is -1.06. The molecule has 0 radical (unpaired) electrons. The molecular formula is C15H23NO2. The minimum atomic E-state index is 0.110. The molecular weight excluding hydrogens is 226 g/mol. The van der Waals surface area contributed by atoms with Gasteiger partial charge in [-0.2, -0.15) is 0 Å². The fourth-order valence-electron chi connectivity index (χ4n) is 2.60. The normalized spacial score (nSPS) is 19.2. The number of hydrogen-bond acceptors (Lipinski definition) is 3. The molecule has 1 aromatic rings. The maximum absolute atomic E-state index is 9.14. The third-order valence-electron chi connectivity index (χ3n) is 3.61. The van der Waals surface area contributed by atoms with Gasteiger partial charge in [-0.15, -0.1) is 0 Å². The van der Waals surface area contributed by atoms with Crippen LogP contribution in [0.2, 0.25) is 0 Å². The van der Waals surface area contributed by atoms with Gasteiger partial charge in [0.2, 0.25) is 0 Å². The lowest BCUT2D eigenvalue weighted by Gasteiger charge is -2.27. The Morgan fingerprint density at radius 1 is 1.44 bits per heavy atom. The minimum Gasteiger partial charge on any atom is -0.392 e. The summed E-state index contributed by atoms with van der Waals surface area (Å²) >= 11 is 0. The van der Waals surface area contributed by atoms with Crippen LogP contribution in [-0.4, -0.2) is 30.9 Å². The van der Waals surface area contributed by atoms with Crippen LogP contribution in [0.4, 0.5) is 5.69 Å². The first-order chi connectivity index (χ1) is 8.74. The second-order valence-electron chi connectivity index (χ2n) is 4.95. The first-order valence-corrected chi connectivity index (χ1v) is 6.81. The van der Waals surface area contributed by atoms with E-state index in [0.717, 1.165) is 25.3 Å². The van der Waals surface area contributed by atoms with Crippen LogP contribution in [0.5, 0.6) is 0 Å². The topological polar surface area (TPSA) is 32.7 Å². The zero-order chi connectivity index (χ0) is 13.0. The molecule has 1 aromatic carbocycles. The molecule has 0 bridgehead atoms. The number of nitrogens with zero attached hydrogens (tertiary/aromatic N) is 1. The molecule has 18 heavy (non-hydrogen) atoms. The molecule has 1 saturated heterocycles. The van der Waals surface area contributed by atoms with Crippen molar-refractivity contribution in [2.45, 2.75) is 39.4 Å². The number of aliphatic hydroxyl groups excluding tert-OH is 1. The predicted octanol–water partition coefficient (Wildman–Crippen LogP) is 2.49. The summed E-state index contributed by atoms with van der Waals surface area (Å²) in [7, 11) is 0. The van der Waals surface area contributed by atoms with Gasteiger partial charge in [0.15, 0.2) is 0 Å². The lowest BCUT2D eigenvalue weighted by molar-refractivity contribution is 0.115. The zero-order valence-corrected chi connectivity index (χ0v) is 11.4. The van der Waals surface area contributed by atoms with Gasteiger partial charge in [-0.25, -0.2) is 0 Å². The maximum atomic E-state index is 9.14. The molecule has 1 atom stereocenters. The molecule has 1 aliphatic heterocycles. The molecule has 0 saturated carbocycles. The number of benzene rings is 1. The van der Waals surface area contributed by atoms with Crippen molar-refractivity contribution < 1.29 is 9.84 Å². The van der Waals surface area contributed by atoms with Gasteiger partial charge in [-0.3, -0.25) is 0 Å². The Labute approximate surface area is 109 Å². The number of likely N-dealkylation sites (N-methyl/N-ethyl adjacent to an activating group) is 1. The highest BCUT2D eigenvalue weighted by atomic mass is 16.5. The Morgan fingerprint density at radius 3 is 2.83 bits per heavy atom. The minimum absolute atomic E-state index is 0.110. The zero-order valence-electron chi connectivity index (χ0n) is 11.4. The summed E-state index contributed by atoms with van der Waals surface area (Å²) in [6, 6.07) is 6.17.